The second kappa shape index (κ2) is 8.54. The van der Waals surface area contributed by atoms with E-state index in [9.17, 15) is 18.0 Å². The van der Waals surface area contributed by atoms with Gasteiger partial charge >= 0.3 is 12.1 Å². The van der Waals surface area contributed by atoms with Crippen LogP contribution in [0.5, 0.6) is 11.5 Å². The Hall–Kier alpha value is -3.04. The highest BCUT2D eigenvalue weighted by Crippen LogP contribution is 2.32. The first-order valence-electron chi connectivity index (χ1n) is 8.91. The molecule has 29 heavy (non-hydrogen) atoms. The van der Waals surface area contributed by atoms with E-state index in [1.54, 1.807) is 29.2 Å². The monoisotopic (exact) mass is 411 g/mol. The molecule has 0 bridgehead atoms. The molecule has 1 aromatic carbocycles. The van der Waals surface area contributed by atoms with Crippen molar-refractivity contribution in [3.8, 4) is 11.5 Å². The number of alkyl halides is 3. The number of halogens is 3. The van der Waals surface area contributed by atoms with Gasteiger partial charge in [0.05, 0.1) is 20.1 Å². The fourth-order valence-corrected chi connectivity index (χ4v) is 3.12. The molecule has 10 heteroatoms. The summed E-state index contributed by atoms with van der Waals surface area (Å²) in [6.07, 6.45) is -0.425. The Bertz CT molecular complexity index is 895. The zero-order valence-corrected chi connectivity index (χ0v) is 15.9. The van der Waals surface area contributed by atoms with Gasteiger partial charge in [0.25, 0.3) is 0 Å². The Kier molecular flexibility index (Phi) is 6.09. The zero-order chi connectivity index (χ0) is 21.0. The standard InChI is InChI=1S/C19H20F3N3O4/c1-27-14-7-5-12(10-15(14)28-2)6-8-16(26)25-9-3-4-13(11-25)17-23-24-18(29-17)19(20,21)22/h5-8,10,13H,3-4,9,11H2,1-2H3/b8-6+. The quantitative estimate of drug-likeness (QED) is 0.701. The number of nitrogens with zero attached hydrogens (tertiary/aromatic N) is 3. The number of ether oxygens (including phenoxy) is 2. The summed E-state index contributed by atoms with van der Waals surface area (Å²) in [5.74, 6) is -1.03. The molecule has 3 rings (SSSR count). The van der Waals surface area contributed by atoms with Crippen LogP contribution in [0.3, 0.4) is 0 Å². The number of likely N-dealkylation sites (tertiary alicyclic amines) is 1. The van der Waals surface area contributed by atoms with Crippen molar-refractivity contribution in [1.82, 2.24) is 15.1 Å². The van der Waals surface area contributed by atoms with Gasteiger partial charge in [0, 0.05) is 19.2 Å². The van der Waals surface area contributed by atoms with E-state index in [4.69, 9.17) is 13.9 Å². The molecular weight excluding hydrogens is 391 g/mol. The Balaban J connectivity index is 1.67. The molecule has 0 radical (unpaired) electrons. The van der Waals surface area contributed by atoms with Crippen molar-refractivity contribution >= 4 is 12.0 Å². The molecule has 1 saturated heterocycles. The van der Waals surface area contributed by atoms with E-state index in [1.165, 1.54) is 20.3 Å². The molecule has 7 nitrogen and oxygen atoms in total. The molecule has 2 heterocycles. The summed E-state index contributed by atoms with van der Waals surface area (Å²) in [7, 11) is 3.05. The average Bonchev–Trinajstić information content (AvgIpc) is 3.22. The molecule has 2 aromatic rings. The molecule has 1 fully saturated rings. The van der Waals surface area contributed by atoms with E-state index in [0.29, 0.717) is 30.9 Å². The van der Waals surface area contributed by atoms with Crippen LogP contribution in [-0.2, 0) is 11.0 Å². The number of rotatable bonds is 5. The van der Waals surface area contributed by atoms with Gasteiger partial charge in [0.15, 0.2) is 11.5 Å². The second-order valence-corrected chi connectivity index (χ2v) is 6.51. The largest absolute Gasteiger partial charge is 0.493 e. The first-order valence-corrected chi connectivity index (χ1v) is 8.91. The van der Waals surface area contributed by atoms with Crippen LogP contribution in [0.1, 0.15) is 36.1 Å². The lowest BCUT2D eigenvalue weighted by atomic mass is 9.98. The van der Waals surface area contributed by atoms with Crippen molar-refractivity contribution < 1.29 is 31.9 Å². The summed E-state index contributed by atoms with van der Waals surface area (Å²) < 4.78 is 53.1. The summed E-state index contributed by atoms with van der Waals surface area (Å²) in [6, 6.07) is 5.24. The van der Waals surface area contributed by atoms with Gasteiger partial charge in [-0.25, -0.2) is 0 Å². The predicted molar refractivity (Wildman–Crippen MR) is 96.4 cm³/mol. The molecule has 0 aliphatic carbocycles. The van der Waals surface area contributed by atoms with Gasteiger partial charge in [0.2, 0.25) is 11.8 Å². The summed E-state index contributed by atoms with van der Waals surface area (Å²) in [6.45, 7) is 0.723. The summed E-state index contributed by atoms with van der Waals surface area (Å²) in [5, 5.41) is 6.57. The minimum Gasteiger partial charge on any atom is -0.493 e. The third-order valence-electron chi connectivity index (χ3n) is 4.59. The van der Waals surface area contributed by atoms with Crippen LogP contribution in [-0.4, -0.2) is 48.3 Å². The Labute approximate surface area is 165 Å². The first-order chi connectivity index (χ1) is 13.8. The van der Waals surface area contributed by atoms with Gasteiger partial charge in [-0.1, -0.05) is 6.07 Å². The van der Waals surface area contributed by atoms with Crippen LogP contribution in [0.25, 0.3) is 6.08 Å². The topological polar surface area (TPSA) is 77.7 Å². The maximum Gasteiger partial charge on any atom is 0.470 e. The number of hydrogen-bond donors (Lipinski definition) is 0. The number of piperidine rings is 1. The molecule has 156 valence electrons. The summed E-state index contributed by atoms with van der Waals surface area (Å²) >= 11 is 0. The SMILES string of the molecule is COc1ccc(/C=C/C(=O)N2CCCC(c3nnc(C(F)(F)F)o3)C2)cc1OC. The van der Waals surface area contributed by atoms with E-state index in [2.05, 4.69) is 10.2 Å². The normalized spacial score (nSPS) is 17.6. The smallest absolute Gasteiger partial charge is 0.470 e. The molecule has 1 unspecified atom stereocenters. The number of aromatic nitrogens is 2. The van der Waals surface area contributed by atoms with E-state index >= 15 is 0 Å². The second-order valence-electron chi connectivity index (χ2n) is 6.51. The highest BCUT2D eigenvalue weighted by molar-refractivity contribution is 5.92. The minimum atomic E-state index is -4.68. The average molecular weight is 411 g/mol. The van der Waals surface area contributed by atoms with Crippen LogP contribution in [0.4, 0.5) is 13.2 Å². The van der Waals surface area contributed by atoms with Crippen molar-refractivity contribution in [3.63, 3.8) is 0 Å². The van der Waals surface area contributed by atoms with E-state index in [1.807, 2.05) is 0 Å². The highest BCUT2D eigenvalue weighted by Gasteiger charge is 2.39. The Morgan fingerprint density at radius 1 is 1.24 bits per heavy atom. The summed E-state index contributed by atoms with van der Waals surface area (Å²) in [4.78, 5) is 14.1. The number of amides is 1. The van der Waals surface area contributed by atoms with Gasteiger partial charge in [-0.2, -0.15) is 13.2 Å². The van der Waals surface area contributed by atoms with Gasteiger partial charge < -0.3 is 18.8 Å². The number of hydrogen-bond acceptors (Lipinski definition) is 6. The van der Waals surface area contributed by atoms with Crippen molar-refractivity contribution in [2.45, 2.75) is 24.9 Å². The van der Waals surface area contributed by atoms with E-state index < -0.39 is 18.0 Å². The van der Waals surface area contributed by atoms with E-state index in [-0.39, 0.29) is 18.3 Å². The lowest BCUT2D eigenvalue weighted by Crippen LogP contribution is -2.38. The van der Waals surface area contributed by atoms with Crippen molar-refractivity contribution in [2.24, 2.45) is 0 Å². The zero-order valence-electron chi connectivity index (χ0n) is 15.9. The first kappa shape index (κ1) is 20.7. The predicted octanol–water partition coefficient (Wildman–Crippen LogP) is 3.53. The highest BCUT2D eigenvalue weighted by atomic mass is 19.4. The molecule has 0 N–H and O–H groups in total. The number of carbonyl (C=O) groups is 1. The molecule has 0 saturated carbocycles. The van der Waals surface area contributed by atoms with Crippen LogP contribution in [0, 0.1) is 0 Å². The Morgan fingerprint density at radius 2 is 2.00 bits per heavy atom. The molecule has 1 aliphatic heterocycles. The number of methoxy groups -OCH3 is 2. The van der Waals surface area contributed by atoms with Gasteiger partial charge in [0.1, 0.15) is 0 Å². The molecule has 1 atom stereocenters. The van der Waals surface area contributed by atoms with Crippen molar-refractivity contribution in [2.75, 3.05) is 27.3 Å². The van der Waals surface area contributed by atoms with Crippen LogP contribution in [0.2, 0.25) is 0 Å². The minimum absolute atomic E-state index is 0.0984. The number of carbonyl (C=O) groups excluding carboxylic acids is 1. The maximum atomic E-state index is 12.6. The van der Waals surface area contributed by atoms with Gasteiger partial charge in [-0.15, -0.1) is 10.2 Å². The summed E-state index contributed by atoms with van der Waals surface area (Å²) in [5.41, 5.74) is 0.747. The molecule has 1 amide bonds. The third kappa shape index (κ3) is 4.87. The van der Waals surface area contributed by atoms with Crippen LogP contribution < -0.4 is 9.47 Å². The van der Waals surface area contributed by atoms with Gasteiger partial charge in [-0.05, 0) is 36.6 Å². The molecular formula is C19H20F3N3O4. The number of benzene rings is 1. The van der Waals surface area contributed by atoms with Crippen molar-refractivity contribution in [3.05, 3.63) is 41.6 Å². The van der Waals surface area contributed by atoms with Gasteiger partial charge in [-0.3, -0.25) is 4.79 Å². The van der Waals surface area contributed by atoms with Crippen LogP contribution in [0.15, 0.2) is 28.7 Å². The maximum absolute atomic E-state index is 12.6. The molecule has 1 aromatic heterocycles. The third-order valence-corrected chi connectivity index (χ3v) is 4.59. The lowest BCUT2D eigenvalue weighted by molar-refractivity contribution is -0.157. The molecule has 0 spiro atoms. The molecule has 1 aliphatic rings. The van der Waals surface area contributed by atoms with E-state index in [0.717, 1.165) is 5.56 Å². The lowest BCUT2D eigenvalue weighted by Gasteiger charge is -2.30. The fraction of sp³-hybridized carbons (Fsp3) is 0.421. The van der Waals surface area contributed by atoms with Crippen molar-refractivity contribution in [1.29, 1.82) is 0 Å². The van der Waals surface area contributed by atoms with Crippen LogP contribution >= 0.6 is 0 Å². The fourth-order valence-electron chi connectivity index (χ4n) is 3.12. The Morgan fingerprint density at radius 3 is 2.66 bits per heavy atom.